The zero-order chi connectivity index (χ0) is 43.1. The van der Waals surface area contributed by atoms with E-state index >= 15 is 0 Å². The van der Waals surface area contributed by atoms with E-state index in [1.807, 2.05) is 0 Å². The first-order chi connectivity index (χ1) is 27.6. The summed E-state index contributed by atoms with van der Waals surface area (Å²) in [5.74, 6) is 1.18. The number of aryl methyl sites for hydroxylation is 2. The summed E-state index contributed by atoms with van der Waals surface area (Å²) in [6.07, 6.45) is 3.14. The van der Waals surface area contributed by atoms with Gasteiger partial charge in [-0.25, -0.2) is 0 Å². The van der Waals surface area contributed by atoms with Gasteiger partial charge in [-0.15, -0.1) is 69.1 Å². The monoisotopic (exact) mass is 893 g/mol. The molecule has 6 aromatic carbocycles. The van der Waals surface area contributed by atoms with Crippen molar-refractivity contribution in [2.75, 3.05) is 0 Å². The second-order valence-electron chi connectivity index (χ2n) is 16.0. The number of benzene rings is 4. The molecule has 0 atom stereocenters. The zero-order valence-electron chi connectivity index (χ0n) is 36.7. The van der Waals surface area contributed by atoms with Crippen molar-refractivity contribution >= 4 is 57.9 Å². The number of rotatable bonds is 10. The van der Waals surface area contributed by atoms with Crippen LogP contribution in [-0.2, 0) is 43.3 Å². The van der Waals surface area contributed by atoms with Crippen LogP contribution in [0.5, 0.6) is 0 Å². The number of amides is 2. The maximum atomic E-state index is 10.6. The van der Waals surface area contributed by atoms with E-state index in [-0.39, 0.29) is 11.8 Å². The number of hydrogen-bond acceptors (Lipinski definition) is 2. The first kappa shape index (κ1) is 48.9. The van der Waals surface area contributed by atoms with Crippen LogP contribution in [0.3, 0.4) is 0 Å². The Hall–Kier alpha value is -3.43. The summed E-state index contributed by atoms with van der Waals surface area (Å²) in [6, 6.07) is 31.9. The molecular formula is C50H62BCl2N2O2Zr. The summed E-state index contributed by atoms with van der Waals surface area (Å²) in [5.41, 5.74) is 16.8. The summed E-state index contributed by atoms with van der Waals surface area (Å²) in [5, 5.41) is 10.3. The summed E-state index contributed by atoms with van der Waals surface area (Å²) in [4.78, 5) is 21.2. The van der Waals surface area contributed by atoms with Crippen LogP contribution >= 0.6 is 17.0 Å². The van der Waals surface area contributed by atoms with Crippen LogP contribution in [0.4, 0.5) is 0 Å². The van der Waals surface area contributed by atoms with E-state index in [9.17, 15) is 9.59 Å². The molecule has 58 heavy (non-hydrogen) atoms. The first-order valence-corrected chi connectivity index (χ1v) is 26.8. The van der Waals surface area contributed by atoms with Crippen molar-refractivity contribution in [3.05, 3.63) is 129 Å². The fourth-order valence-electron chi connectivity index (χ4n) is 7.14. The van der Waals surface area contributed by atoms with Crippen LogP contribution < -0.4 is 10.5 Å². The van der Waals surface area contributed by atoms with Crippen molar-refractivity contribution in [1.82, 2.24) is 10.5 Å². The molecule has 0 heterocycles. The standard InChI is InChI=1S/2C22H25.C6H12BN2O2.2ClH.Zr/c2*1-14(2)11-18-12-19-7-6-8-21(22(19)13-18)20-10-9-15(3)16(4)17(20)5;1-3-5(10)8-7-9-6(11)4-2;;;/h2*6-10,12-14H,11H2,1-5H3;3-4H2,1-2H3,(H,8,10)(H,9,11);2*1H;/q2*-1;;;;+4/p-2. The van der Waals surface area contributed by atoms with Crippen LogP contribution in [0.25, 0.3) is 43.8 Å². The van der Waals surface area contributed by atoms with Crippen LogP contribution in [0.2, 0.25) is 0 Å². The van der Waals surface area contributed by atoms with Gasteiger partial charge in [0.05, 0.1) is 0 Å². The van der Waals surface area contributed by atoms with E-state index in [4.69, 9.17) is 17.0 Å². The topological polar surface area (TPSA) is 58.2 Å². The summed E-state index contributed by atoms with van der Waals surface area (Å²) in [6.45, 7) is 25.9. The van der Waals surface area contributed by atoms with Crippen molar-refractivity contribution in [3.8, 4) is 22.3 Å². The molecule has 0 aliphatic rings. The quantitative estimate of drug-likeness (QED) is 0.106. The molecule has 6 rings (SSSR count). The molecule has 0 spiro atoms. The molecule has 0 aliphatic carbocycles. The molecule has 305 valence electrons. The van der Waals surface area contributed by atoms with Gasteiger partial charge in [0.25, 0.3) is 0 Å². The molecule has 8 heteroatoms. The zero-order valence-corrected chi connectivity index (χ0v) is 40.7. The van der Waals surface area contributed by atoms with Crippen molar-refractivity contribution in [1.29, 1.82) is 0 Å². The van der Waals surface area contributed by atoms with Crippen molar-refractivity contribution in [2.24, 2.45) is 11.8 Å². The average molecular weight is 896 g/mol. The molecule has 4 nitrogen and oxygen atoms in total. The van der Waals surface area contributed by atoms with Crippen molar-refractivity contribution < 1.29 is 30.4 Å². The third-order valence-corrected chi connectivity index (χ3v) is 10.7. The SMILES string of the molecule is CCC(=O)N[B]NC(=O)CC.Cc1ccc(-c2cccc3[cH-]c(CC(C)C)cc23)c(C)c1C.Cc1ccc(-c2cccc3[cH-]c(CC(C)C)cc23)c(C)c1C.[Cl][Zr+2][Cl]. The predicted octanol–water partition coefficient (Wildman–Crippen LogP) is 13.6. The number of halogens is 2. The molecule has 2 N–H and O–H groups in total. The van der Waals surface area contributed by atoms with Gasteiger partial charge in [0.2, 0.25) is 11.8 Å². The Bertz CT molecular complexity index is 2110. The summed E-state index contributed by atoms with van der Waals surface area (Å²) >= 11 is -0.826. The fraction of sp³-hybridized carbons (Fsp3) is 0.360. The molecule has 0 saturated heterocycles. The summed E-state index contributed by atoms with van der Waals surface area (Å²) < 4.78 is 0. The van der Waals surface area contributed by atoms with Gasteiger partial charge in [0.15, 0.2) is 0 Å². The predicted molar refractivity (Wildman–Crippen MR) is 250 cm³/mol. The van der Waals surface area contributed by atoms with E-state index in [1.54, 1.807) is 13.8 Å². The van der Waals surface area contributed by atoms with Gasteiger partial charge in [-0.3, -0.25) is 9.59 Å². The van der Waals surface area contributed by atoms with E-state index in [0.717, 1.165) is 12.8 Å². The molecule has 0 aromatic heterocycles. The van der Waals surface area contributed by atoms with Gasteiger partial charge in [-0.2, -0.15) is 12.1 Å². The van der Waals surface area contributed by atoms with Gasteiger partial charge < -0.3 is 10.5 Å². The van der Waals surface area contributed by atoms with Crippen LogP contribution in [0.1, 0.15) is 98.9 Å². The Kier molecular flexibility index (Phi) is 20.2. The van der Waals surface area contributed by atoms with Crippen molar-refractivity contribution in [2.45, 2.75) is 109 Å². The van der Waals surface area contributed by atoms with Crippen molar-refractivity contribution in [3.63, 3.8) is 0 Å². The second-order valence-corrected chi connectivity index (χ2v) is 19.7. The number of nitrogens with one attached hydrogen (secondary N) is 2. The number of carbonyl (C=O) groups excluding carboxylic acids is 2. The van der Waals surface area contributed by atoms with Crippen LogP contribution in [-0.4, -0.2) is 19.4 Å². The minimum atomic E-state index is -0.826. The third kappa shape index (κ3) is 13.8. The third-order valence-electron chi connectivity index (χ3n) is 10.7. The maximum absolute atomic E-state index is 10.6. The van der Waals surface area contributed by atoms with E-state index in [0.29, 0.717) is 24.7 Å². The van der Waals surface area contributed by atoms with Gasteiger partial charge in [0, 0.05) is 12.8 Å². The van der Waals surface area contributed by atoms with E-state index < -0.39 is 20.8 Å². The van der Waals surface area contributed by atoms with Gasteiger partial charge in [-0.05, 0) is 111 Å². The molecule has 0 bridgehead atoms. The molecule has 6 aromatic rings. The van der Waals surface area contributed by atoms with Gasteiger partial charge >= 0.3 is 45.4 Å². The number of hydrogen-bond donors (Lipinski definition) is 2. The summed E-state index contributed by atoms with van der Waals surface area (Å²) in [7, 11) is 11.1. The number of carbonyl (C=O) groups is 2. The van der Waals surface area contributed by atoms with E-state index in [2.05, 4.69) is 165 Å². The van der Waals surface area contributed by atoms with E-state index in [1.165, 1.54) is 95.9 Å². The second kappa shape index (κ2) is 24.0. The number of fused-ring (bicyclic) bond motifs is 2. The molecule has 2 amide bonds. The van der Waals surface area contributed by atoms with Gasteiger partial charge in [0.1, 0.15) is 0 Å². The Labute approximate surface area is 368 Å². The van der Waals surface area contributed by atoms with Crippen LogP contribution in [0.15, 0.2) is 84.9 Å². The normalized spacial score (nSPS) is 10.6. The Morgan fingerprint density at radius 2 is 0.948 bits per heavy atom. The molecule has 1 radical (unpaired) electrons. The Morgan fingerprint density at radius 1 is 0.586 bits per heavy atom. The molecular weight excluding hydrogens is 834 g/mol. The minimum absolute atomic E-state index is 0.110. The average Bonchev–Trinajstić information content (AvgIpc) is 3.79. The van der Waals surface area contributed by atoms with Crippen LogP contribution in [0, 0.1) is 53.4 Å². The fourth-order valence-corrected chi connectivity index (χ4v) is 7.14. The van der Waals surface area contributed by atoms with Gasteiger partial charge in [-0.1, -0.05) is 89.1 Å². The molecule has 0 saturated carbocycles. The first-order valence-electron chi connectivity index (χ1n) is 20.4. The Morgan fingerprint density at radius 3 is 1.28 bits per heavy atom. The molecule has 0 unspecified atom stereocenters. The molecule has 0 fully saturated rings. The molecule has 0 aliphatic heterocycles. The Balaban J connectivity index is 0.000000237.